The summed E-state index contributed by atoms with van der Waals surface area (Å²) in [5, 5.41) is 3.62. The third kappa shape index (κ3) is 4.38. The van der Waals surface area contributed by atoms with Gasteiger partial charge in [0.15, 0.2) is 0 Å². The third-order valence-corrected chi connectivity index (χ3v) is 3.29. The Balaban J connectivity index is 2.26. The molecule has 0 aliphatic heterocycles. The number of halogens is 1. The van der Waals surface area contributed by atoms with Crippen LogP contribution in [0.3, 0.4) is 0 Å². The highest BCUT2D eigenvalue weighted by Crippen LogP contribution is 2.20. The van der Waals surface area contributed by atoms with E-state index in [1.54, 1.807) is 12.1 Å². The summed E-state index contributed by atoms with van der Waals surface area (Å²) in [4.78, 5) is 12.1. The summed E-state index contributed by atoms with van der Waals surface area (Å²) in [5.74, 6) is 6.14. The molecule has 2 nitrogen and oxygen atoms in total. The average Bonchev–Trinajstić information content (AvgIpc) is 2.47. The summed E-state index contributed by atoms with van der Waals surface area (Å²) in [5.41, 5.74) is 1.94. The molecule has 0 spiro atoms. The monoisotopic (exact) mass is 311 g/mol. The molecule has 2 aromatic rings. The highest BCUT2D eigenvalue weighted by Gasteiger charge is 2.21. The Labute approximate surface area is 136 Å². The number of amides is 1. The van der Waals surface area contributed by atoms with Crippen molar-refractivity contribution in [2.24, 2.45) is 5.41 Å². The fourth-order valence-corrected chi connectivity index (χ4v) is 1.81. The van der Waals surface area contributed by atoms with E-state index in [0.717, 1.165) is 16.8 Å². The van der Waals surface area contributed by atoms with Gasteiger partial charge in [0, 0.05) is 21.6 Å². The highest BCUT2D eigenvalue weighted by molar-refractivity contribution is 6.30. The molecule has 0 aliphatic carbocycles. The molecule has 0 radical (unpaired) electrons. The summed E-state index contributed by atoms with van der Waals surface area (Å²) in [7, 11) is 0. The lowest BCUT2D eigenvalue weighted by Crippen LogP contribution is -2.27. The van der Waals surface area contributed by atoms with E-state index >= 15 is 0 Å². The minimum Gasteiger partial charge on any atom is -0.325 e. The second-order valence-electron chi connectivity index (χ2n) is 6.01. The Morgan fingerprint density at radius 3 is 2.27 bits per heavy atom. The van der Waals surface area contributed by atoms with Crippen LogP contribution in [0.4, 0.5) is 5.69 Å². The molecular formula is C19H18ClNO. The van der Waals surface area contributed by atoms with Crippen LogP contribution in [0.25, 0.3) is 0 Å². The molecule has 3 heteroatoms. The van der Waals surface area contributed by atoms with E-state index in [0.29, 0.717) is 5.02 Å². The van der Waals surface area contributed by atoms with E-state index in [2.05, 4.69) is 17.2 Å². The maximum Gasteiger partial charge on any atom is 0.229 e. The zero-order chi connectivity index (χ0) is 16.2. The third-order valence-electron chi connectivity index (χ3n) is 3.04. The number of carbonyl (C=O) groups is 1. The van der Waals surface area contributed by atoms with Gasteiger partial charge in [0.1, 0.15) is 0 Å². The molecule has 0 unspecified atom stereocenters. The maximum atomic E-state index is 12.1. The van der Waals surface area contributed by atoms with Gasteiger partial charge in [0.25, 0.3) is 0 Å². The van der Waals surface area contributed by atoms with Gasteiger partial charge in [-0.1, -0.05) is 56.3 Å². The van der Waals surface area contributed by atoms with Gasteiger partial charge in [-0.3, -0.25) is 4.79 Å². The molecule has 0 atom stereocenters. The summed E-state index contributed by atoms with van der Waals surface area (Å²) in [6, 6.07) is 14.9. The number of hydrogen-bond acceptors (Lipinski definition) is 1. The SMILES string of the molecule is CC(C)(C)C(=O)Nc1ccccc1C#Cc1ccc(Cl)cc1. The molecule has 0 bridgehead atoms. The molecule has 0 saturated carbocycles. The lowest BCUT2D eigenvalue weighted by molar-refractivity contribution is -0.123. The number of benzene rings is 2. The summed E-state index contributed by atoms with van der Waals surface area (Å²) in [6.45, 7) is 5.64. The van der Waals surface area contributed by atoms with E-state index in [4.69, 9.17) is 11.6 Å². The molecule has 0 heterocycles. The molecule has 112 valence electrons. The number of nitrogens with one attached hydrogen (secondary N) is 1. The predicted molar refractivity (Wildman–Crippen MR) is 92.0 cm³/mol. The minimum atomic E-state index is -0.448. The largest absolute Gasteiger partial charge is 0.325 e. The number of para-hydroxylation sites is 1. The average molecular weight is 312 g/mol. The summed E-state index contributed by atoms with van der Waals surface area (Å²) in [6.07, 6.45) is 0. The van der Waals surface area contributed by atoms with Crippen LogP contribution in [-0.4, -0.2) is 5.91 Å². The van der Waals surface area contributed by atoms with Crippen molar-refractivity contribution in [3.05, 3.63) is 64.7 Å². The smallest absolute Gasteiger partial charge is 0.229 e. The Morgan fingerprint density at radius 2 is 1.64 bits per heavy atom. The van der Waals surface area contributed by atoms with Gasteiger partial charge in [-0.15, -0.1) is 0 Å². The van der Waals surface area contributed by atoms with E-state index in [1.807, 2.05) is 57.2 Å². The number of rotatable bonds is 1. The first kappa shape index (κ1) is 16.1. The highest BCUT2D eigenvalue weighted by atomic mass is 35.5. The van der Waals surface area contributed by atoms with Crippen molar-refractivity contribution < 1.29 is 4.79 Å². The molecule has 0 saturated heterocycles. The Morgan fingerprint density at radius 1 is 1.00 bits per heavy atom. The molecule has 0 fully saturated rings. The van der Waals surface area contributed by atoms with Gasteiger partial charge in [0.2, 0.25) is 5.91 Å². The predicted octanol–water partition coefficient (Wildman–Crippen LogP) is 4.72. The number of anilines is 1. The summed E-state index contributed by atoms with van der Waals surface area (Å²) < 4.78 is 0. The van der Waals surface area contributed by atoms with Gasteiger partial charge >= 0.3 is 0 Å². The van der Waals surface area contributed by atoms with Crippen LogP contribution in [0.1, 0.15) is 31.9 Å². The second kappa shape index (κ2) is 6.68. The van der Waals surface area contributed by atoms with Crippen LogP contribution in [0.5, 0.6) is 0 Å². The number of carbonyl (C=O) groups excluding carboxylic acids is 1. The molecule has 0 aromatic heterocycles. The fourth-order valence-electron chi connectivity index (χ4n) is 1.68. The normalized spacial score (nSPS) is 10.5. The van der Waals surface area contributed by atoms with Gasteiger partial charge in [-0.2, -0.15) is 0 Å². The van der Waals surface area contributed by atoms with E-state index in [9.17, 15) is 4.79 Å². The minimum absolute atomic E-state index is 0.0340. The van der Waals surface area contributed by atoms with Crippen molar-refractivity contribution >= 4 is 23.2 Å². The van der Waals surface area contributed by atoms with Gasteiger partial charge in [-0.05, 0) is 36.4 Å². The van der Waals surface area contributed by atoms with Crippen LogP contribution in [-0.2, 0) is 4.79 Å². The lowest BCUT2D eigenvalue weighted by Gasteiger charge is -2.18. The van der Waals surface area contributed by atoms with Crippen LogP contribution >= 0.6 is 11.6 Å². The van der Waals surface area contributed by atoms with Crippen molar-refractivity contribution in [1.82, 2.24) is 0 Å². The first-order valence-electron chi connectivity index (χ1n) is 7.04. The number of hydrogen-bond donors (Lipinski definition) is 1. The van der Waals surface area contributed by atoms with Crippen molar-refractivity contribution in [2.75, 3.05) is 5.32 Å². The van der Waals surface area contributed by atoms with Gasteiger partial charge < -0.3 is 5.32 Å². The van der Waals surface area contributed by atoms with Crippen molar-refractivity contribution in [2.45, 2.75) is 20.8 Å². The van der Waals surface area contributed by atoms with E-state index in [1.165, 1.54) is 0 Å². The standard InChI is InChI=1S/C19H18ClNO/c1-19(2,3)18(22)21-17-7-5-4-6-15(17)11-8-14-9-12-16(20)13-10-14/h4-7,9-10,12-13H,1-3H3,(H,21,22). The first-order valence-corrected chi connectivity index (χ1v) is 7.42. The fraction of sp³-hybridized carbons (Fsp3) is 0.211. The Bertz CT molecular complexity index is 731. The zero-order valence-electron chi connectivity index (χ0n) is 12.9. The molecule has 0 aliphatic rings. The first-order chi connectivity index (χ1) is 10.4. The Kier molecular flexibility index (Phi) is 4.90. The van der Waals surface area contributed by atoms with Gasteiger partial charge in [-0.25, -0.2) is 0 Å². The summed E-state index contributed by atoms with van der Waals surface area (Å²) >= 11 is 5.86. The van der Waals surface area contributed by atoms with Crippen LogP contribution in [0, 0.1) is 17.3 Å². The molecule has 1 N–H and O–H groups in total. The van der Waals surface area contributed by atoms with E-state index < -0.39 is 5.41 Å². The molecule has 2 rings (SSSR count). The van der Waals surface area contributed by atoms with Crippen molar-refractivity contribution in [1.29, 1.82) is 0 Å². The Hall–Kier alpha value is -2.24. The maximum absolute atomic E-state index is 12.1. The van der Waals surface area contributed by atoms with E-state index in [-0.39, 0.29) is 5.91 Å². The van der Waals surface area contributed by atoms with Crippen LogP contribution < -0.4 is 5.32 Å². The van der Waals surface area contributed by atoms with Gasteiger partial charge in [0.05, 0.1) is 5.69 Å². The van der Waals surface area contributed by atoms with Crippen molar-refractivity contribution in [3.8, 4) is 11.8 Å². The molecule has 2 aromatic carbocycles. The topological polar surface area (TPSA) is 29.1 Å². The van der Waals surface area contributed by atoms with Crippen molar-refractivity contribution in [3.63, 3.8) is 0 Å². The second-order valence-corrected chi connectivity index (χ2v) is 6.44. The molecule has 1 amide bonds. The van der Waals surface area contributed by atoms with Crippen LogP contribution in [0.2, 0.25) is 5.02 Å². The molecular weight excluding hydrogens is 294 g/mol. The molecule has 22 heavy (non-hydrogen) atoms. The quantitative estimate of drug-likeness (QED) is 0.758. The zero-order valence-corrected chi connectivity index (χ0v) is 13.7. The van der Waals surface area contributed by atoms with Crippen LogP contribution in [0.15, 0.2) is 48.5 Å². The lowest BCUT2D eigenvalue weighted by atomic mass is 9.95.